The van der Waals surface area contributed by atoms with Gasteiger partial charge in [-0.15, -0.1) is 0 Å². The van der Waals surface area contributed by atoms with Crippen LogP contribution >= 0.6 is 11.6 Å². The van der Waals surface area contributed by atoms with Crippen LogP contribution in [-0.2, 0) is 13.1 Å². The van der Waals surface area contributed by atoms with Crippen LogP contribution in [0.15, 0.2) is 83.4 Å². The number of nitrogens with zero attached hydrogens (tertiary/aromatic N) is 2. The molecule has 0 atom stereocenters. The maximum absolute atomic E-state index is 12.6. The molecular weight excluding hydrogens is 464 g/mol. The van der Waals surface area contributed by atoms with E-state index in [-0.39, 0.29) is 11.8 Å². The van der Waals surface area contributed by atoms with Gasteiger partial charge in [0.15, 0.2) is 0 Å². The number of furan rings is 1. The lowest BCUT2D eigenvalue weighted by Crippen LogP contribution is -2.23. The van der Waals surface area contributed by atoms with Crippen LogP contribution in [0.1, 0.15) is 32.2 Å². The first-order valence-corrected chi connectivity index (χ1v) is 11.4. The van der Waals surface area contributed by atoms with Crippen LogP contribution in [0, 0.1) is 0 Å². The summed E-state index contributed by atoms with van der Waals surface area (Å²) in [6, 6.07) is 21.7. The van der Waals surface area contributed by atoms with Gasteiger partial charge in [-0.1, -0.05) is 29.8 Å². The number of rotatable bonds is 8. The van der Waals surface area contributed by atoms with Crippen molar-refractivity contribution < 1.29 is 14.0 Å². The van der Waals surface area contributed by atoms with Crippen molar-refractivity contribution in [3.63, 3.8) is 0 Å². The van der Waals surface area contributed by atoms with Crippen molar-refractivity contribution in [2.24, 2.45) is 0 Å². The molecule has 0 radical (unpaired) electrons. The summed E-state index contributed by atoms with van der Waals surface area (Å²) in [4.78, 5) is 30.8. The van der Waals surface area contributed by atoms with E-state index in [1.807, 2.05) is 48.5 Å². The lowest BCUT2D eigenvalue weighted by atomic mass is 10.1. The number of benzene rings is 2. The normalized spacial score (nSPS) is 10.7. The van der Waals surface area contributed by atoms with Gasteiger partial charge >= 0.3 is 0 Å². The summed E-state index contributed by atoms with van der Waals surface area (Å²) in [6.45, 7) is 0.940. The Morgan fingerprint density at radius 2 is 1.77 bits per heavy atom. The maximum Gasteiger partial charge on any atom is 0.274 e. The van der Waals surface area contributed by atoms with Crippen molar-refractivity contribution >= 4 is 29.1 Å². The number of carbonyl (C=O) groups is 2. The smallest absolute Gasteiger partial charge is 0.274 e. The van der Waals surface area contributed by atoms with Crippen molar-refractivity contribution in [3.05, 3.63) is 107 Å². The molecule has 4 aromatic rings. The van der Waals surface area contributed by atoms with E-state index < -0.39 is 0 Å². The summed E-state index contributed by atoms with van der Waals surface area (Å²) in [5, 5.41) is 6.79. The summed E-state index contributed by atoms with van der Waals surface area (Å²) in [5.41, 5.74) is 2.97. The summed E-state index contributed by atoms with van der Waals surface area (Å²) >= 11 is 6.26. The highest BCUT2D eigenvalue weighted by Crippen LogP contribution is 2.29. The van der Waals surface area contributed by atoms with Crippen molar-refractivity contribution in [1.29, 1.82) is 0 Å². The summed E-state index contributed by atoms with van der Waals surface area (Å²) in [7, 11) is 3.37. The van der Waals surface area contributed by atoms with Gasteiger partial charge in [0.25, 0.3) is 11.8 Å². The predicted octanol–water partition coefficient (Wildman–Crippen LogP) is 5.24. The molecule has 0 saturated heterocycles. The van der Waals surface area contributed by atoms with Gasteiger partial charge < -0.3 is 20.0 Å². The maximum atomic E-state index is 12.6. The Balaban J connectivity index is 1.47. The first-order valence-electron chi connectivity index (χ1n) is 11.0. The van der Waals surface area contributed by atoms with Crippen LogP contribution in [0.25, 0.3) is 11.3 Å². The Bertz CT molecular complexity index is 1340. The minimum Gasteiger partial charge on any atom is -0.460 e. The fourth-order valence-corrected chi connectivity index (χ4v) is 3.78. The van der Waals surface area contributed by atoms with Gasteiger partial charge in [-0.2, -0.15) is 0 Å². The predicted molar refractivity (Wildman–Crippen MR) is 136 cm³/mol. The molecule has 0 aliphatic rings. The van der Waals surface area contributed by atoms with Crippen LogP contribution < -0.4 is 10.6 Å². The highest BCUT2D eigenvalue weighted by molar-refractivity contribution is 6.33. The Morgan fingerprint density at radius 3 is 2.51 bits per heavy atom. The van der Waals surface area contributed by atoms with Crippen LogP contribution in [0.5, 0.6) is 0 Å². The largest absolute Gasteiger partial charge is 0.460 e. The average Bonchev–Trinajstić information content (AvgIpc) is 3.32. The second-order valence-corrected chi connectivity index (χ2v) is 8.54. The molecule has 0 aliphatic carbocycles. The minimum atomic E-state index is -0.346. The number of halogens is 1. The molecular formula is C27H25ClN4O3. The highest BCUT2D eigenvalue weighted by Gasteiger charge is 2.14. The fourth-order valence-electron chi connectivity index (χ4n) is 3.55. The molecule has 8 heteroatoms. The molecule has 35 heavy (non-hydrogen) atoms. The Hall–Kier alpha value is -3.94. The Labute approximate surface area is 208 Å². The molecule has 0 aliphatic heterocycles. The summed E-state index contributed by atoms with van der Waals surface area (Å²) in [6.07, 6.45) is 1.56. The van der Waals surface area contributed by atoms with Crippen molar-refractivity contribution in [1.82, 2.24) is 15.2 Å². The van der Waals surface area contributed by atoms with E-state index in [1.54, 1.807) is 44.6 Å². The quantitative estimate of drug-likeness (QED) is 0.354. The standard InChI is InChI=1S/C27H25ClN4O3/c1-32(2)27(34)19-13-18(14-20(15-19)31-26(33)24-9-5-6-12-30-24)16-29-17-21-10-11-25(35-21)22-7-3-4-8-23(22)28/h3-15,29H,16-17H2,1-2H3,(H,31,33). The van der Waals surface area contributed by atoms with E-state index in [0.29, 0.717) is 40.8 Å². The number of nitrogens with one attached hydrogen (secondary N) is 2. The third-order valence-corrected chi connectivity index (χ3v) is 5.56. The van der Waals surface area contributed by atoms with Gasteiger partial charge in [0.1, 0.15) is 17.2 Å². The van der Waals surface area contributed by atoms with E-state index >= 15 is 0 Å². The van der Waals surface area contributed by atoms with Gasteiger partial charge in [-0.3, -0.25) is 14.6 Å². The average molecular weight is 489 g/mol. The molecule has 0 bridgehead atoms. The minimum absolute atomic E-state index is 0.157. The molecule has 2 N–H and O–H groups in total. The lowest BCUT2D eigenvalue weighted by molar-refractivity contribution is 0.0827. The fraction of sp³-hybridized carbons (Fsp3) is 0.148. The highest BCUT2D eigenvalue weighted by atomic mass is 35.5. The zero-order valence-electron chi connectivity index (χ0n) is 19.4. The van der Waals surface area contributed by atoms with Crippen LogP contribution in [-0.4, -0.2) is 35.8 Å². The van der Waals surface area contributed by atoms with Crippen LogP contribution in [0.3, 0.4) is 0 Å². The van der Waals surface area contributed by atoms with E-state index in [2.05, 4.69) is 15.6 Å². The van der Waals surface area contributed by atoms with E-state index in [0.717, 1.165) is 16.9 Å². The first-order chi connectivity index (χ1) is 16.9. The van der Waals surface area contributed by atoms with Crippen molar-refractivity contribution in [2.75, 3.05) is 19.4 Å². The number of amides is 2. The number of hydrogen-bond acceptors (Lipinski definition) is 5. The lowest BCUT2D eigenvalue weighted by Gasteiger charge is -2.14. The number of carbonyl (C=O) groups excluding carboxylic acids is 2. The zero-order chi connectivity index (χ0) is 24.8. The molecule has 178 valence electrons. The molecule has 4 rings (SSSR count). The first kappa shape index (κ1) is 24.2. The number of pyridine rings is 1. The monoisotopic (exact) mass is 488 g/mol. The number of anilines is 1. The van der Waals surface area contributed by atoms with E-state index in [1.165, 1.54) is 4.90 Å². The molecule has 2 heterocycles. The van der Waals surface area contributed by atoms with Gasteiger partial charge in [0, 0.05) is 43.7 Å². The molecule has 0 unspecified atom stereocenters. The molecule has 0 fully saturated rings. The number of aromatic nitrogens is 1. The third-order valence-electron chi connectivity index (χ3n) is 5.23. The van der Waals surface area contributed by atoms with E-state index in [9.17, 15) is 9.59 Å². The third kappa shape index (κ3) is 6.15. The van der Waals surface area contributed by atoms with Crippen LogP contribution in [0.2, 0.25) is 5.02 Å². The van der Waals surface area contributed by atoms with E-state index in [4.69, 9.17) is 16.0 Å². The molecule has 7 nitrogen and oxygen atoms in total. The second-order valence-electron chi connectivity index (χ2n) is 8.14. The second kappa shape index (κ2) is 11.0. The zero-order valence-corrected chi connectivity index (χ0v) is 20.2. The number of hydrogen-bond donors (Lipinski definition) is 2. The van der Waals surface area contributed by atoms with Gasteiger partial charge in [0.2, 0.25) is 0 Å². The molecule has 2 aromatic heterocycles. The van der Waals surface area contributed by atoms with Crippen molar-refractivity contribution in [2.45, 2.75) is 13.1 Å². The topological polar surface area (TPSA) is 87.5 Å². The van der Waals surface area contributed by atoms with Gasteiger partial charge in [-0.25, -0.2) is 0 Å². The molecule has 0 saturated carbocycles. The van der Waals surface area contributed by atoms with Gasteiger partial charge in [0.05, 0.1) is 11.6 Å². The summed E-state index contributed by atoms with van der Waals surface area (Å²) in [5.74, 6) is 0.951. The molecule has 0 spiro atoms. The molecule has 2 amide bonds. The van der Waals surface area contributed by atoms with Crippen LogP contribution in [0.4, 0.5) is 5.69 Å². The Morgan fingerprint density at radius 1 is 0.971 bits per heavy atom. The summed E-state index contributed by atoms with van der Waals surface area (Å²) < 4.78 is 5.94. The Kier molecular flexibility index (Phi) is 7.60. The van der Waals surface area contributed by atoms with Gasteiger partial charge in [-0.05, 0) is 60.2 Å². The molecule has 2 aromatic carbocycles. The SMILES string of the molecule is CN(C)C(=O)c1cc(CNCc2ccc(-c3ccccc3Cl)o2)cc(NC(=O)c2ccccn2)c1. The van der Waals surface area contributed by atoms with Crippen molar-refractivity contribution in [3.8, 4) is 11.3 Å².